The summed E-state index contributed by atoms with van der Waals surface area (Å²) in [5, 5.41) is 11.7. The minimum Gasteiger partial charge on any atom is -0.338 e. The standard InChI is InChI=1S/C9H17N3O2/c1-3-4-5-11-9(14)12-8(13)6-7(2)10/h10H,3-6H2,1-2H3,(H2,11,12,13,14). The van der Waals surface area contributed by atoms with Gasteiger partial charge in [0, 0.05) is 12.3 Å². The molecule has 0 spiro atoms. The van der Waals surface area contributed by atoms with Crippen LogP contribution in [0, 0.1) is 5.41 Å². The van der Waals surface area contributed by atoms with Crippen molar-refractivity contribution in [3.8, 4) is 0 Å². The topological polar surface area (TPSA) is 82.1 Å². The molecule has 0 aliphatic carbocycles. The van der Waals surface area contributed by atoms with Gasteiger partial charge in [-0.05, 0) is 13.3 Å². The summed E-state index contributed by atoms with van der Waals surface area (Å²) >= 11 is 0. The molecule has 0 aromatic heterocycles. The third kappa shape index (κ3) is 7.27. The van der Waals surface area contributed by atoms with E-state index in [9.17, 15) is 9.59 Å². The van der Waals surface area contributed by atoms with Gasteiger partial charge in [-0.3, -0.25) is 10.1 Å². The zero-order chi connectivity index (χ0) is 11.0. The normalized spacial score (nSPS) is 9.29. The van der Waals surface area contributed by atoms with Crippen molar-refractivity contribution in [3.05, 3.63) is 0 Å². The Morgan fingerprint density at radius 2 is 2.00 bits per heavy atom. The highest BCUT2D eigenvalue weighted by Crippen LogP contribution is 1.84. The fourth-order valence-electron chi connectivity index (χ4n) is 0.835. The second-order valence-electron chi connectivity index (χ2n) is 3.11. The molecule has 0 aliphatic heterocycles. The molecule has 0 unspecified atom stereocenters. The van der Waals surface area contributed by atoms with E-state index < -0.39 is 11.9 Å². The number of amides is 3. The Morgan fingerprint density at radius 3 is 2.50 bits per heavy atom. The van der Waals surface area contributed by atoms with Crippen LogP contribution in [0.5, 0.6) is 0 Å². The molecule has 5 nitrogen and oxygen atoms in total. The number of carbonyl (C=O) groups is 2. The Morgan fingerprint density at radius 1 is 1.36 bits per heavy atom. The molecule has 3 amide bonds. The maximum absolute atomic E-state index is 11.0. The predicted octanol–water partition coefficient (Wildman–Crippen LogP) is 1.04. The Labute approximate surface area is 83.8 Å². The lowest BCUT2D eigenvalue weighted by Gasteiger charge is -2.04. The van der Waals surface area contributed by atoms with Crippen LogP contribution in [0.25, 0.3) is 0 Å². The van der Waals surface area contributed by atoms with Crippen molar-refractivity contribution in [2.45, 2.75) is 33.1 Å². The number of imide groups is 1. The van der Waals surface area contributed by atoms with Crippen LogP contribution in [0.2, 0.25) is 0 Å². The number of unbranched alkanes of at least 4 members (excludes halogenated alkanes) is 1. The smallest absolute Gasteiger partial charge is 0.321 e. The monoisotopic (exact) mass is 199 g/mol. The van der Waals surface area contributed by atoms with Crippen LogP contribution in [-0.2, 0) is 4.79 Å². The molecule has 0 aromatic rings. The fourth-order valence-corrected chi connectivity index (χ4v) is 0.835. The number of hydrogen-bond donors (Lipinski definition) is 3. The van der Waals surface area contributed by atoms with E-state index in [-0.39, 0.29) is 12.1 Å². The van der Waals surface area contributed by atoms with Crippen molar-refractivity contribution in [2.24, 2.45) is 0 Å². The van der Waals surface area contributed by atoms with Crippen LogP contribution >= 0.6 is 0 Å². The molecule has 0 fully saturated rings. The average Bonchev–Trinajstić information content (AvgIpc) is 2.02. The van der Waals surface area contributed by atoms with Crippen molar-refractivity contribution in [2.75, 3.05) is 6.54 Å². The maximum Gasteiger partial charge on any atom is 0.321 e. The van der Waals surface area contributed by atoms with E-state index in [1.807, 2.05) is 6.92 Å². The largest absolute Gasteiger partial charge is 0.338 e. The molecular formula is C9H17N3O2. The molecule has 3 N–H and O–H groups in total. The minimum atomic E-state index is -0.482. The third-order valence-electron chi connectivity index (χ3n) is 1.49. The van der Waals surface area contributed by atoms with Crippen LogP contribution in [0.1, 0.15) is 33.1 Å². The fraction of sp³-hybridized carbons (Fsp3) is 0.667. The Kier molecular flexibility index (Phi) is 6.36. The number of nitrogens with one attached hydrogen (secondary N) is 3. The van der Waals surface area contributed by atoms with Crippen LogP contribution in [-0.4, -0.2) is 24.2 Å². The Balaban J connectivity index is 3.61. The summed E-state index contributed by atoms with van der Waals surface area (Å²) in [5.74, 6) is -0.438. The van der Waals surface area contributed by atoms with Gasteiger partial charge in [0.25, 0.3) is 0 Å². The molecule has 5 heteroatoms. The molecule has 0 heterocycles. The first-order valence-electron chi connectivity index (χ1n) is 4.68. The second kappa shape index (κ2) is 7.06. The molecule has 0 aliphatic rings. The van der Waals surface area contributed by atoms with E-state index in [0.29, 0.717) is 6.54 Å². The van der Waals surface area contributed by atoms with E-state index in [2.05, 4.69) is 10.6 Å². The lowest BCUT2D eigenvalue weighted by Crippen LogP contribution is -2.40. The summed E-state index contributed by atoms with van der Waals surface area (Å²) in [6.45, 7) is 4.11. The second-order valence-corrected chi connectivity index (χ2v) is 3.11. The summed E-state index contributed by atoms with van der Waals surface area (Å²) < 4.78 is 0. The minimum absolute atomic E-state index is 0.0266. The van der Waals surface area contributed by atoms with Gasteiger partial charge in [0.2, 0.25) is 5.91 Å². The number of rotatable bonds is 5. The molecule has 0 rings (SSSR count). The van der Waals surface area contributed by atoms with Crippen molar-refractivity contribution < 1.29 is 9.59 Å². The molecule has 0 saturated carbocycles. The first kappa shape index (κ1) is 12.6. The van der Waals surface area contributed by atoms with E-state index in [1.54, 1.807) is 0 Å². The molecule has 0 bridgehead atoms. The van der Waals surface area contributed by atoms with Gasteiger partial charge in [0.05, 0.1) is 6.42 Å². The molecule has 0 aromatic carbocycles. The summed E-state index contributed by atoms with van der Waals surface area (Å²) in [5.41, 5.74) is 0.240. The van der Waals surface area contributed by atoms with E-state index in [0.717, 1.165) is 12.8 Å². The summed E-state index contributed by atoms with van der Waals surface area (Å²) in [4.78, 5) is 22.0. The summed E-state index contributed by atoms with van der Waals surface area (Å²) in [7, 11) is 0. The molecule has 0 radical (unpaired) electrons. The highest BCUT2D eigenvalue weighted by molar-refractivity contribution is 6.04. The molecule has 80 valence electrons. The maximum atomic E-state index is 11.0. The van der Waals surface area contributed by atoms with Crippen LogP contribution in [0.3, 0.4) is 0 Å². The van der Waals surface area contributed by atoms with Crippen molar-refractivity contribution >= 4 is 17.6 Å². The van der Waals surface area contributed by atoms with Gasteiger partial charge >= 0.3 is 6.03 Å². The first-order valence-corrected chi connectivity index (χ1v) is 4.68. The average molecular weight is 199 g/mol. The highest BCUT2D eigenvalue weighted by atomic mass is 16.2. The van der Waals surface area contributed by atoms with Gasteiger partial charge in [0.1, 0.15) is 0 Å². The Bertz CT molecular complexity index is 226. The van der Waals surface area contributed by atoms with E-state index in [4.69, 9.17) is 5.41 Å². The molecule has 0 saturated heterocycles. The van der Waals surface area contributed by atoms with Crippen LogP contribution in [0.15, 0.2) is 0 Å². The lowest BCUT2D eigenvalue weighted by atomic mass is 10.3. The molecular weight excluding hydrogens is 182 g/mol. The van der Waals surface area contributed by atoms with E-state index >= 15 is 0 Å². The quantitative estimate of drug-likeness (QED) is 0.456. The molecule has 0 atom stereocenters. The van der Waals surface area contributed by atoms with Crippen molar-refractivity contribution in [3.63, 3.8) is 0 Å². The van der Waals surface area contributed by atoms with Gasteiger partial charge in [-0.25, -0.2) is 4.79 Å². The van der Waals surface area contributed by atoms with Gasteiger partial charge in [-0.15, -0.1) is 0 Å². The molecule has 14 heavy (non-hydrogen) atoms. The van der Waals surface area contributed by atoms with Crippen molar-refractivity contribution in [1.29, 1.82) is 5.41 Å². The van der Waals surface area contributed by atoms with Gasteiger partial charge < -0.3 is 10.7 Å². The van der Waals surface area contributed by atoms with Gasteiger partial charge in [-0.1, -0.05) is 13.3 Å². The van der Waals surface area contributed by atoms with Crippen molar-refractivity contribution in [1.82, 2.24) is 10.6 Å². The summed E-state index contributed by atoms with van der Waals surface area (Å²) in [6.07, 6.45) is 1.86. The first-order chi connectivity index (χ1) is 6.56. The van der Waals surface area contributed by atoms with Crippen LogP contribution < -0.4 is 10.6 Å². The zero-order valence-corrected chi connectivity index (χ0v) is 8.64. The number of carbonyl (C=O) groups excluding carboxylic acids is 2. The SMILES string of the molecule is CCCCNC(=O)NC(=O)CC(C)=N. The van der Waals surface area contributed by atoms with Gasteiger partial charge in [-0.2, -0.15) is 0 Å². The van der Waals surface area contributed by atoms with Crippen LogP contribution in [0.4, 0.5) is 4.79 Å². The van der Waals surface area contributed by atoms with E-state index in [1.165, 1.54) is 6.92 Å². The van der Waals surface area contributed by atoms with Gasteiger partial charge in [0.15, 0.2) is 0 Å². The number of hydrogen-bond acceptors (Lipinski definition) is 3. The zero-order valence-electron chi connectivity index (χ0n) is 8.64. The Hall–Kier alpha value is -1.39. The lowest BCUT2D eigenvalue weighted by molar-refractivity contribution is -0.118. The number of urea groups is 1. The predicted molar refractivity (Wildman–Crippen MR) is 54.5 cm³/mol. The highest BCUT2D eigenvalue weighted by Gasteiger charge is 2.06. The third-order valence-corrected chi connectivity index (χ3v) is 1.49. The summed E-state index contributed by atoms with van der Waals surface area (Å²) in [6, 6.07) is -0.482.